The lowest BCUT2D eigenvalue weighted by atomic mass is 9.91. The number of hydrogen-bond acceptors (Lipinski definition) is 4. The minimum absolute atomic E-state index is 0.243. The van der Waals surface area contributed by atoms with Gasteiger partial charge >= 0.3 is 0 Å². The molecule has 0 bridgehead atoms. The molecule has 0 saturated heterocycles. The molecule has 0 radical (unpaired) electrons. The first-order valence-corrected chi connectivity index (χ1v) is 12.6. The Hall–Kier alpha value is -3.80. The number of nitrogens with one attached hydrogen (secondary N) is 1. The van der Waals surface area contributed by atoms with Crippen molar-refractivity contribution in [2.75, 3.05) is 6.61 Å². The van der Waals surface area contributed by atoms with Gasteiger partial charge in [0.05, 0.1) is 23.8 Å². The Kier molecular flexibility index (Phi) is 9.19. The van der Waals surface area contributed by atoms with E-state index in [-0.39, 0.29) is 5.91 Å². The Balaban J connectivity index is 1.50. The van der Waals surface area contributed by atoms with Gasteiger partial charge in [0.2, 0.25) is 0 Å². The molecule has 4 aromatic rings. The van der Waals surface area contributed by atoms with E-state index in [2.05, 4.69) is 10.5 Å². The van der Waals surface area contributed by atoms with Crippen LogP contribution in [0.15, 0.2) is 102 Å². The third-order valence-corrected chi connectivity index (χ3v) is 6.08. The molecule has 0 heterocycles. The van der Waals surface area contributed by atoms with Crippen molar-refractivity contribution in [2.45, 2.75) is 19.4 Å². The lowest BCUT2D eigenvalue weighted by Gasteiger charge is -2.16. The lowest BCUT2D eigenvalue weighted by Crippen LogP contribution is -2.26. The van der Waals surface area contributed by atoms with Crippen LogP contribution in [-0.4, -0.2) is 18.7 Å². The van der Waals surface area contributed by atoms with Gasteiger partial charge in [0.25, 0.3) is 5.91 Å². The number of carbonyl (C=O) groups excluding carboxylic acids is 1. The third-order valence-electron chi connectivity index (χ3n) is 5.54. The smallest absolute Gasteiger partial charge is 0.252 e. The number of hydrogen-bond donors (Lipinski definition) is 1. The summed E-state index contributed by atoms with van der Waals surface area (Å²) in [6, 6.07) is 30.1. The van der Waals surface area contributed by atoms with Gasteiger partial charge in [-0.05, 0) is 53.4 Å². The summed E-state index contributed by atoms with van der Waals surface area (Å²) in [4.78, 5) is 13.2. The van der Waals surface area contributed by atoms with Crippen molar-refractivity contribution in [3.63, 3.8) is 0 Å². The lowest BCUT2D eigenvalue weighted by molar-refractivity contribution is -0.121. The van der Waals surface area contributed by atoms with E-state index in [0.717, 1.165) is 16.7 Å². The molecule has 0 saturated carbocycles. The molecule has 0 spiro atoms. The molecule has 0 fully saturated rings. The Labute approximate surface area is 226 Å². The molecule has 0 atom stereocenters. The molecule has 37 heavy (non-hydrogen) atoms. The van der Waals surface area contributed by atoms with Gasteiger partial charge in [0.1, 0.15) is 6.61 Å². The molecule has 0 unspecified atom stereocenters. The van der Waals surface area contributed by atoms with Gasteiger partial charge in [0.15, 0.2) is 11.5 Å². The Morgan fingerprint density at radius 2 is 1.51 bits per heavy atom. The van der Waals surface area contributed by atoms with Gasteiger partial charge in [-0.2, -0.15) is 5.10 Å². The number of nitrogens with zero attached hydrogens (tertiary/aromatic N) is 1. The van der Waals surface area contributed by atoms with Crippen molar-refractivity contribution in [2.24, 2.45) is 5.10 Å². The molecular formula is C30H26Cl2N2O3. The van der Waals surface area contributed by atoms with Crippen LogP contribution in [0.1, 0.15) is 35.1 Å². The van der Waals surface area contributed by atoms with Crippen molar-refractivity contribution in [1.82, 2.24) is 5.43 Å². The first-order chi connectivity index (χ1) is 18.0. The van der Waals surface area contributed by atoms with Crippen LogP contribution in [0.3, 0.4) is 0 Å². The molecule has 4 aromatic carbocycles. The van der Waals surface area contributed by atoms with Gasteiger partial charge in [-0.15, -0.1) is 0 Å². The summed E-state index contributed by atoms with van der Waals surface area (Å²) in [5.41, 5.74) is 6.03. The predicted octanol–water partition coefficient (Wildman–Crippen LogP) is 7.25. The largest absolute Gasteiger partial charge is 0.490 e. The SMILES string of the molecule is CCOc1cc(/C=N\NC(=O)C(c2ccccc2)c2ccccc2)cc(Cl)c1OCc1ccc(Cl)cc1. The molecular weight excluding hydrogens is 507 g/mol. The number of benzene rings is 4. The highest BCUT2D eigenvalue weighted by Crippen LogP contribution is 2.37. The number of halogens is 2. The maximum atomic E-state index is 13.2. The maximum absolute atomic E-state index is 13.2. The second-order valence-electron chi connectivity index (χ2n) is 8.17. The van der Waals surface area contributed by atoms with Crippen LogP contribution >= 0.6 is 23.2 Å². The average molecular weight is 533 g/mol. The van der Waals surface area contributed by atoms with Crippen LogP contribution in [0.2, 0.25) is 10.0 Å². The fourth-order valence-corrected chi connectivity index (χ4v) is 4.22. The monoisotopic (exact) mass is 532 g/mol. The molecule has 0 aliphatic rings. The first-order valence-electron chi connectivity index (χ1n) is 11.8. The van der Waals surface area contributed by atoms with Gasteiger partial charge in [0, 0.05) is 5.02 Å². The summed E-state index contributed by atoms with van der Waals surface area (Å²) in [7, 11) is 0. The van der Waals surface area contributed by atoms with Crippen molar-refractivity contribution in [1.29, 1.82) is 0 Å². The van der Waals surface area contributed by atoms with E-state index in [1.54, 1.807) is 24.3 Å². The molecule has 7 heteroatoms. The third kappa shape index (κ3) is 7.13. The quantitative estimate of drug-likeness (QED) is 0.173. The summed E-state index contributed by atoms with van der Waals surface area (Å²) in [6.45, 7) is 2.62. The number of carbonyl (C=O) groups is 1. The van der Waals surface area contributed by atoms with Crippen LogP contribution in [0.5, 0.6) is 11.5 Å². The minimum Gasteiger partial charge on any atom is -0.490 e. The van der Waals surface area contributed by atoms with Gasteiger partial charge in [-0.1, -0.05) is 96.0 Å². The zero-order valence-corrected chi connectivity index (χ0v) is 21.7. The highest BCUT2D eigenvalue weighted by atomic mass is 35.5. The molecule has 0 aliphatic heterocycles. The average Bonchev–Trinajstić information content (AvgIpc) is 2.91. The summed E-state index contributed by atoms with van der Waals surface area (Å²) in [5, 5.41) is 5.23. The summed E-state index contributed by atoms with van der Waals surface area (Å²) >= 11 is 12.5. The van der Waals surface area contributed by atoms with Crippen molar-refractivity contribution in [3.05, 3.63) is 129 Å². The Morgan fingerprint density at radius 1 is 0.892 bits per heavy atom. The van der Waals surface area contributed by atoms with Crippen LogP contribution in [0.4, 0.5) is 0 Å². The van der Waals surface area contributed by atoms with Crippen LogP contribution in [-0.2, 0) is 11.4 Å². The maximum Gasteiger partial charge on any atom is 0.252 e. The van der Waals surface area contributed by atoms with Gasteiger partial charge in [-0.3, -0.25) is 4.79 Å². The number of rotatable bonds is 10. The predicted molar refractivity (Wildman–Crippen MR) is 149 cm³/mol. The first kappa shape index (κ1) is 26.3. The topological polar surface area (TPSA) is 59.9 Å². The van der Waals surface area contributed by atoms with Crippen molar-refractivity contribution in [3.8, 4) is 11.5 Å². The van der Waals surface area contributed by atoms with E-state index in [4.69, 9.17) is 32.7 Å². The summed E-state index contributed by atoms with van der Waals surface area (Å²) in [5.74, 6) is 0.189. The van der Waals surface area contributed by atoms with Crippen LogP contribution in [0.25, 0.3) is 0 Å². The number of ether oxygens (including phenoxy) is 2. The normalized spacial score (nSPS) is 11.0. The van der Waals surface area contributed by atoms with E-state index in [1.807, 2.05) is 79.7 Å². The van der Waals surface area contributed by atoms with Crippen LogP contribution in [0, 0.1) is 0 Å². The van der Waals surface area contributed by atoms with Crippen molar-refractivity contribution >= 4 is 35.3 Å². The second-order valence-corrected chi connectivity index (χ2v) is 9.01. The molecule has 188 valence electrons. The fourth-order valence-electron chi connectivity index (χ4n) is 3.82. The van der Waals surface area contributed by atoms with E-state index in [9.17, 15) is 4.79 Å². The summed E-state index contributed by atoms with van der Waals surface area (Å²) < 4.78 is 11.7. The Morgan fingerprint density at radius 3 is 2.11 bits per heavy atom. The molecule has 4 rings (SSSR count). The van der Waals surface area contributed by atoms with E-state index in [0.29, 0.717) is 40.3 Å². The highest BCUT2D eigenvalue weighted by molar-refractivity contribution is 6.32. The molecule has 1 amide bonds. The zero-order chi connectivity index (χ0) is 26.0. The Bertz CT molecular complexity index is 1310. The fraction of sp³-hybridized carbons (Fsp3) is 0.133. The van der Waals surface area contributed by atoms with Crippen molar-refractivity contribution < 1.29 is 14.3 Å². The molecule has 5 nitrogen and oxygen atoms in total. The molecule has 1 N–H and O–H groups in total. The highest BCUT2D eigenvalue weighted by Gasteiger charge is 2.22. The van der Waals surface area contributed by atoms with Gasteiger partial charge < -0.3 is 9.47 Å². The number of amides is 1. The van der Waals surface area contributed by atoms with E-state index in [1.165, 1.54) is 6.21 Å². The number of hydrazone groups is 1. The standard InChI is InChI=1S/C30H26Cl2N2O3/c1-2-36-27-18-22(17-26(32)29(27)37-20-21-13-15-25(31)16-14-21)19-33-34-30(35)28(23-9-5-3-6-10-23)24-11-7-4-8-12-24/h3-19,28H,2,20H2,1H3,(H,34,35)/b33-19-. The van der Waals surface area contributed by atoms with E-state index >= 15 is 0 Å². The second kappa shape index (κ2) is 12.9. The van der Waals surface area contributed by atoms with E-state index < -0.39 is 5.92 Å². The van der Waals surface area contributed by atoms with Gasteiger partial charge in [-0.25, -0.2) is 5.43 Å². The summed E-state index contributed by atoms with van der Waals surface area (Å²) in [6.07, 6.45) is 1.53. The molecule has 0 aromatic heterocycles. The zero-order valence-electron chi connectivity index (χ0n) is 20.2. The van der Waals surface area contributed by atoms with Crippen LogP contribution < -0.4 is 14.9 Å². The molecule has 0 aliphatic carbocycles. The minimum atomic E-state index is -0.495.